The highest BCUT2D eigenvalue weighted by Gasteiger charge is 2.26. The molecule has 36 heavy (non-hydrogen) atoms. The van der Waals surface area contributed by atoms with Crippen LogP contribution < -0.4 is 0 Å². The Morgan fingerprint density at radius 3 is 1.36 bits per heavy atom. The van der Waals surface area contributed by atoms with E-state index in [2.05, 4.69) is 120 Å². The maximum Gasteiger partial charge on any atom is 0.143 e. The molecular weight excluding hydrogens is 440 g/mol. The van der Waals surface area contributed by atoms with Crippen LogP contribution in [0.25, 0.3) is 49.9 Å². The standard InChI is InChI=1S/C33H26N2O/c1-34-28-19-11-9-17-25(28)30(32(34)23-13-5-3-6-14-23)27(21-22-36)31-26-18-10-12-20-29(26)35(2)33(31)24-15-7-4-8-16-24/h3-22H,1-2H3. The van der Waals surface area contributed by atoms with Crippen LogP contribution >= 0.6 is 0 Å². The minimum Gasteiger partial charge on any atom is -0.343 e. The topological polar surface area (TPSA) is 26.9 Å². The second-order valence-corrected chi connectivity index (χ2v) is 9.05. The van der Waals surface area contributed by atoms with Crippen LogP contribution in [0, 0.1) is 0 Å². The van der Waals surface area contributed by atoms with E-state index in [1.807, 2.05) is 12.1 Å². The summed E-state index contributed by atoms with van der Waals surface area (Å²) in [4.78, 5) is 12.3. The van der Waals surface area contributed by atoms with Crippen LogP contribution in [0.3, 0.4) is 0 Å². The highest BCUT2D eigenvalue weighted by molar-refractivity contribution is 6.13. The fourth-order valence-electron chi connectivity index (χ4n) is 5.56. The van der Waals surface area contributed by atoms with Gasteiger partial charge in [-0.3, -0.25) is 4.79 Å². The average molecular weight is 467 g/mol. The van der Waals surface area contributed by atoms with Crippen LogP contribution in [0.15, 0.2) is 115 Å². The number of allylic oxidation sites excluding steroid dienone is 1. The lowest BCUT2D eigenvalue weighted by molar-refractivity contribution is -0.104. The van der Waals surface area contributed by atoms with Gasteiger partial charge in [-0.05, 0) is 34.9 Å². The van der Waals surface area contributed by atoms with Crippen molar-refractivity contribution in [2.45, 2.75) is 0 Å². The predicted molar refractivity (Wildman–Crippen MR) is 150 cm³/mol. The lowest BCUT2D eigenvalue weighted by Crippen LogP contribution is -1.98. The number of hydrogen-bond donors (Lipinski definition) is 0. The first-order valence-electron chi connectivity index (χ1n) is 12.1. The molecule has 0 spiro atoms. The number of fused-ring (bicyclic) bond motifs is 2. The summed E-state index contributed by atoms with van der Waals surface area (Å²) < 4.78 is 4.48. The van der Waals surface area contributed by atoms with Gasteiger partial charge in [-0.1, -0.05) is 97.1 Å². The molecule has 0 amide bonds. The van der Waals surface area contributed by atoms with E-state index in [1.54, 1.807) is 6.08 Å². The van der Waals surface area contributed by atoms with Crippen LogP contribution in [-0.4, -0.2) is 15.4 Å². The van der Waals surface area contributed by atoms with E-state index in [9.17, 15) is 4.79 Å². The third-order valence-electron chi connectivity index (χ3n) is 7.08. The summed E-state index contributed by atoms with van der Waals surface area (Å²) in [6, 6.07) is 37.7. The number of aryl methyl sites for hydroxylation is 2. The molecule has 0 aliphatic heterocycles. The third kappa shape index (κ3) is 3.32. The molecule has 3 heteroatoms. The zero-order valence-electron chi connectivity index (χ0n) is 20.3. The predicted octanol–water partition coefficient (Wildman–Crippen LogP) is 7.63. The minimum atomic E-state index is 0.919. The molecule has 2 aromatic heterocycles. The molecule has 0 radical (unpaired) electrons. The van der Waals surface area contributed by atoms with Gasteiger partial charge in [0.15, 0.2) is 0 Å². The molecule has 2 heterocycles. The number of aldehydes is 1. The zero-order valence-corrected chi connectivity index (χ0v) is 20.3. The Kier molecular flexibility index (Phi) is 5.38. The molecule has 6 aromatic rings. The van der Waals surface area contributed by atoms with Gasteiger partial charge in [-0.2, -0.15) is 0 Å². The number of carbonyl (C=O) groups excluding carboxylic acids is 1. The largest absolute Gasteiger partial charge is 0.343 e. The van der Waals surface area contributed by atoms with Gasteiger partial charge in [-0.15, -0.1) is 0 Å². The van der Waals surface area contributed by atoms with Crippen molar-refractivity contribution >= 4 is 33.7 Å². The Bertz CT molecular complexity index is 1630. The fraction of sp³-hybridized carbons (Fsp3) is 0.0606. The Morgan fingerprint density at radius 1 is 0.556 bits per heavy atom. The summed E-state index contributed by atoms with van der Waals surface area (Å²) in [6.07, 6.45) is 2.66. The van der Waals surface area contributed by atoms with Crippen molar-refractivity contribution in [2.75, 3.05) is 0 Å². The van der Waals surface area contributed by atoms with Crippen LogP contribution in [0.2, 0.25) is 0 Å². The second-order valence-electron chi connectivity index (χ2n) is 9.05. The fourth-order valence-corrected chi connectivity index (χ4v) is 5.56. The first kappa shape index (κ1) is 21.9. The molecule has 6 rings (SSSR count). The van der Waals surface area contributed by atoms with Crippen LogP contribution in [-0.2, 0) is 18.9 Å². The lowest BCUT2D eigenvalue weighted by atomic mass is 9.89. The minimum absolute atomic E-state index is 0.919. The van der Waals surface area contributed by atoms with Gasteiger partial charge in [-0.25, -0.2) is 0 Å². The van der Waals surface area contributed by atoms with Gasteiger partial charge in [0.1, 0.15) is 6.29 Å². The molecule has 0 saturated carbocycles. The lowest BCUT2D eigenvalue weighted by Gasteiger charge is -2.15. The number of carbonyl (C=O) groups is 1. The van der Waals surface area contributed by atoms with E-state index in [0.29, 0.717) is 0 Å². The van der Waals surface area contributed by atoms with E-state index >= 15 is 0 Å². The van der Waals surface area contributed by atoms with Gasteiger partial charge in [0, 0.05) is 47.0 Å². The Morgan fingerprint density at radius 2 is 0.944 bits per heavy atom. The molecular formula is C33H26N2O. The summed E-state index contributed by atoms with van der Waals surface area (Å²) in [5.74, 6) is 0. The Balaban J connectivity index is 1.78. The molecule has 0 unspecified atom stereocenters. The van der Waals surface area contributed by atoms with Crippen molar-refractivity contribution in [1.29, 1.82) is 0 Å². The van der Waals surface area contributed by atoms with Crippen molar-refractivity contribution in [1.82, 2.24) is 9.13 Å². The SMILES string of the molecule is Cn1c(-c2ccccc2)c(C(=CC=O)c2c(-c3ccccc3)n(C)c3ccccc23)c2ccccc21. The number of para-hydroxylation sites is 2. The maximum atomic E-state index is 12.3. The van der Waals surface area contributed by atoms with E-state index in [0.717, 1.165) is 67.3 Å². The summed E-state index contributed by atoms with van der Waals surface area (Å²) in [5, 5.41) is 2.25. The summed E-state index contributed by atoms with van der Waals surface area (Å²) >= 11 is 0. The van der Waals surface area contributed by atoms with Gasteiger partial charge >= 0.3 is 0 Å². The smallest absolute Gasteiger partial charge is 0.143 e. The number of hydrogen-bond acceptors (Lipinski definition) is 1. The number of rotatable bonds is 5. The van der Waals surface area contributed by atoms with Crippen LogP contribution in [0.1, 0.15) is 11.1 Å². The molecule has 0 N–H and O–H groups in total. The molecule has 0 fully saturated rings. The number of benzene rings is 4. The quantitative estimate of drug-likeness (QED) is 0.189. The van der Waals surface area contributed by atoms with Crippen molar-refractivity contribution in [3.63, 3.8) is 0 Å². The molecule has 4 aromatic carbocycles. The average Bonchev–Trinajstić information content (AvgIpc) is 3.40. The molecule has 0 bridgehead atoms. The maximum absolute atomic E-state index is 12.3. The summed E-state index contributed by atoms with van der Waals surface area (Å²) in [7, 11) is 4.21. The number of aromatic nitrogens is 2. The van der Waals surface area contributed by atoms with Gasteiger partial charge in [0.2, 0.25) is 0 Å². The van der Waals surface area contributed by atoms with E-state index in [4.69, 9.17) is 0 Å². The summed E-state index contributed by atoms with van der Waals surface area (Å²) in [5.41, 5.74) is 9.74. The van der Waals surface area contributed by atoms with Crippen molar-refractivity contribution in [3.05, 3.63) is 126 Å². The molecule has 3 nitrogen and oxygen atoms in total. The van der Waals surface area contributed by atoms with E-state index in [1.165, 1.54) is 0 Å². The monoisotopic (exact) mass is 466 g/mol. The molecule has 0 atom stereocenters. The Hall–Kier alpha value is -4.63. The first-order valence-corrected chi connectivity index (χ1v) is 12.1. The highest BCUT2D eigenvalue weighted by Crippen LogP contribution is 2.45. The normalized spacial score (nSPS) is 11.2. The van der Waals surface area contributed by atoms with Crippen molar-refractivity contribution in [3.8, 4) is 22.5 Å². The van der Waals surface area contributed by atoms with E-state index < -0.39 is 0 Å². The van der Waals surface area contributed by atoms with Gasteiger partial charge in [0.05, 0.1) is 11.4 Å². The third-order valence-corrected chi connectivity index (χ3v) is 7.08. The van der Waals surface area contributed by atoms with Crippen LogP contribution in [0.5, 0.6) is 0 Å². The zero-order chi connectivity index (χ0) is 24.6. The van der Waals surface area contributed by atoms with Crippen molar-refractivity contribution in [2.24, 2.45) is 14.1 Å². The first-order chi connectivity index (χ1) is 17.7. The van der Waals surface area contributed by atoms with Gasteiger partial charge in [0.25, 0.3) is 0 Å². The molecule has 0 saturated heterocycles. The molecule has 0 aliphatic rings. The highest BCUT2D eigenvalue weighted by atomic mass is 16.1. The molecule has 174 valence electrons. The number of nitrogens with zero attached hydrogens (tertiary/aromatic N) is 2. The van der Waals surface area contributed by atoms with E-state index in [-0.39, 0.29) is 0 Å². The Labute approximate surface area is 210 Å². The molecule has 0 aliphatic carbocycles. The second kappa shape index (κ2) is 8.86. The summed E-state index contributed by atoms with van der Waals surface area (Å²) in [6.45, 7) is 0. The van der Waals surface area contributed by atoms with Crippen molar-refractivity contribution < 1.29 is 4.79 Å². The van der Waals surface area contributed by atoms with Gasteiger partial charge < -0.3 is 9.13 Å². The van der Waals surface area contributed by atoms with Crippen LogP contribution in [0.4, 0.5) is 0 Å².